The number of benzene rings is 1. The molecule has 2 fully saturated rings. The van der Waals surface area contributed by atoms with Crippen LogP contribution in [0.4, 0.5) is 5.69 Å². The van der Waals surface area contributed by atoms with E-state index in [9.17, 15) is 13.2 Å². The van der Waals surface area contributed by atoms with E-state index in [1.165, 1.54) is 8.61 Å². The van der Waals surface area contributed by atoms with Crippen molar-refractivity contribution in [2.75, 3.05) is 39.1 Å². The van der Waals surface area contributed by atoms with E-state index >= 15 is 0 Å². The van der Waals surface area contributed by atoms with Crippen molar-refractivity contribution in [1.29, 1.82) is 5.41 Å². The zero-order chi connectivity index (χ0) is 23.2. The number of carbonyl (C=O) groups is 1. The average molecular weight is 520 g/mol. The quantitative estimate of drug-likeness (QED) is 0.584. The molecule has 8 nitrogen and oxygen atoms in total. The van der Waals surface area contributed by atoms with Crippen LogP contribution < -0.4 is 10.2 Å². The summed E-state index contributed by atoms with van der Waals surface area (Å²) in [5.74, 6) is -0.0821. The molecule has 1 aromatic rings. The summed E-state index contributed by atoms with van der Waals surface area (Å²) in [6, 6.07) is 7.56. The van der Waals surface area contributed by atoms with Gasteiger partial charge in [-0.15, -0.1) is 0 Å². The lowest BCUT2D eigenvalue weighted by Gasteiger charge is -2.29. The van der Waals surface area contributed by atoms with Gasteiger partial charge in [-0.3, -0.25) is 9.10 Å². The van der Waals surface area contributed by atoms with E-state index in [1.54, 1.807) is 32.1 Å². The molecule has 0 unspecified atom stereocenters. The fraction of sp³-hybridized carbons (Fsp3) is 0.364. The molecule has 1 heterocycles. The Morgan fingerprint density at radius 3 is 2.38 bits per heavy atom. The van der Waals surface area contributed by atoms with Crippen LogP contribution in [-0.4, -0.2) is 62.9 Å². The van der Waals surface area contributed by atoms with Gasteiger partial charge in [0.05, 0.1) is 11.4 Å². The zero-order valence-corrected chi connectivity index (χ0v) is 20.6. The first-order chi connectivity index (χ1) is 15.1. The van der Waals surface area contributed by atoms with E-state index in [1.807, 2.05) is 30.3 Å². The number of nitrogens with zero attached hydrogens (tertiary/aromatic N) is 3. The molecule has 1 saturated heterocycles. The summed E-state index contributed by atoms with van der Waals surface area (Å²) >= 11 is 3.42. The van der Waals surface area contributed by atoms with Gasteiger partial charge in [0.2, 0.25) is 0 Å². The van der Waals surface area contributed by atoms with Gasteiger partial charge in [-0.25, -0.2) is 0 Å². The number of allylic oxidation sites excluding steroid dienone is 4. The van der Waals surface area contributed by atoms with Crippen molar-refractivity contribution >= 4 is 43.4 Å². The number of carbonyl (C=O) groups excluding carboxylic acids is 1. The number of nitrogens with one attached hydrogen (secondary N) is 2. The molecule has 2 aliphatic carbocycles. The number of amides is 1. The maximum atomic E-state index is 12.9. The van der Waals surface area contributed by atoms with Crippen LogP contribution in [0.5, 0.6) is 0 Å². The zero-order valence-electron chi connectivity index (χ0n) is 18.2. The predicted molar refractivity (Wildman–Crippen MR) is 129 cm³/mol. The highest BCUT2D eigenvalue weighted by Gasteiger charge is 2.41. The van der Waals surface area contributed by atoms with Crippen molar-refractivity contribution in [3.05, 3.63) is 63.4 Å². The molecule has 1 aromatic carbocycles. The Labute approximate surface area is 197 Å². The molecule has 1 saturated carbocycles. The Balaban J connectivity index is 1.82. The number of hydrogen-bond acceptors (Lipinski definition) is 5. The van der Waals surface area contributed by atoms with Gasteiger partial charge < -0.3 is 15.6 Å². The molecule has 1 aliphatic heterocycles. The first-order valence-electron chi connectivity index (χ1n) is 10.4. The molecule has 0 atom stereocenters. The molecule has 0 radical (unpaired) electrons. The van der Waals surface area contributed by atoms with Gasteiger partial charge >= 0.3 is 10.2 Å². The lowest BCUT2D eigenvalue weighted by Crippen LogP contribution is -2.35. The van der Waals surface area contributed by atoms with E-state index in [0.717, 1.165) is 28.6 Å². The lowest BCUT2D eigenvalue weighted by molar-refractivity contribution is -0.117. The minimum atomic E-state index is -3.60. The van der Waals surface area contributed by atoms with E-state index in [4.69, 9.17) is 5.41 Å². The Morgan fingerprint density at radius 2 is 1.84 bits per heavy atom. The van der Waals surface area contributed by atoms with E-state index < -0.39 is 10.2 Å². The molecule has 170 valence electrons. The monoisotopic (exact) mass is 519 g/mol. The maximum absolute atomic E-state index is 12.9. The first-order valence-corrected chi connectivity index (χ1v) is 12.6. The van der Waals surface area contributed by atoms with Crippen LogP contribution in [0.15, 0.2) is 63.4 Å². The summed E-state index contributed by atoms with van der Waals surface area (Å²) in [6.45, 7) is 0.756. The number of likely N-dealkylation sites (N-methyl/N-ethyl adjacent to an activating group) is 3. The molecule has 2 N–H and O–H groups in total. The third kappa shape index (κ3) is 4.02. The van der Waals surface area contributed by atoms with Crippen LogP contribution >= 0.6 is 15.9 Å². The van der Waals surface area contributed by atoms with Crippen molar-refractivity contribution in [3.63, 3.8) is 0 Å². The fourth-order valence-electron chi connectivity index (χ4n) is 3.98. The lowest BCUT2D eigenvalue weighted by atomic mass is 9.92. The van der Waals surface area contributed by atoms with Crippen molar-refractivity contribution < 1.29 is 13.2 Å². The second kappa shape index (κ2) is 8.49. The van der Waals surface area contributed by atoms with Crippen molar-refractivity contribution in [2.45, 2.75) is 12.8 Å². The number of hydrogen-bond donors (Lipinski definition) is 2. The topological polar surface area (TPSA) is 96.8 Å². The number of rotatable bonds is 5. The third-order valence-electron chi connectivity index (χ3n) is 5.99. The van der Waals surface area contributed by atoms with Gasteiger partial charge in [0, 0.05) is 50.0 Å². The van der Waals surface area contributed by atoms with Gasteiger partial charge in [0.1, 0.15) is 5.70 Å². The Hall–Kier alpha value is -2.43. The SMILES string of the molecule is CNC(=O)/C(=C1\C=C(C2CC2)C(N2CCN(C)S2(=O)=O)=CC1=N)N(C)c1ccc(Br)cc1. The van der Waals surface area contributed by atoms with Gasteiger partial charge in [0.25, 0.3) is 5.91 Å². The van der Waals surface area contributed by atoms with E-state index in [-0.39, 0.29) is 17.5 Å². The summed E-state index contributed by atoms with van der Waals surface area (Å²) in [7, 11) is 1.31. The second-order valence-corrected chi connectivity index (χ2v) is 11.0. The van der Waals surface area contributed by atoms with Gasteiger partial charge in [0.15, 0.2) is 0 Å². The van der Waals surface area contributed by atoms with E-state index in [0.29, 0.717) is 30.1 Å². The summed E-state index contributed by atoms with van der Waals surface area (Å²) < 4.78 is 29.2. The molecule has 0 bridgehead atoms. The molecular formula is C22H26BrN5O3S. The average Bonchev–Trinajstić information content (AvgIpc) is 3.56. The molecule has 0 spiro atoms. The molecule has 32 heavy (non-hydrogen) atoms. The predicted octanol–water partition coefficient (Wildman–Crippen LogP) is 2.63. The van der Waals surface area contributed by atoms with Crippen LogP contribution in [0.1, 0.15) is 12.8 Å². The van der Waals surface area contributed by atoms with Crippen LogP contribution in [0.2, 0.25) is 0 Å². The molecular weight excluding hydrogens is 494 g/mol. The Morgan fingerprint density at radius 1 is 1.19 bits per heavy atom. The summed E-state index contributed by atoms with van der Waals surface area (Å²) in [5.41, 5.74) is 3.15. The molecule has 0 aromatic heterocycles. The maximum Gasteiger partial charge on any atom is 0.303 e. The summed E-state index contributed by atoms with van der Waals surface area (Å²) in [4.78, 5) is 14.7. The van der Waals surface area contributed by atoms with Gasteiger partial charge in [-0.05, 0) is 60.8 Å². The van der Waals surface area contributed by atoms with Gasteiger partial charge in [-0.2, -0.15) is 12.7 Å². The molecule has 4 rings (SSSR count). The number of anilines is 1. The molecule has 1 amide bonds. The van der Waals surface area contributed by atoms with Crippen LogP contribution in [0.25, 0.3) is 0 Å². The highest BCUT2D eigenvalue weighted by Crippen LogP contribution is 2.45. The standard InChI is InChI=1S/C22H26BrN5O3S/c1-25-22(29)21(27(3)16-8-6-15(23)7-9-16)18-12-17(14-4-5-14)20(13-19(18)24)28-11-10-26(2)32(28,30)31/h6-9,12-14,24H,4-5,10-11H2,1-3H3,(H,25,29)/b21-18-,24-19?. The highest BCUT2D eigenvalue weighted by atomic mass is 79.9. The van der Waals surface area contributed by atoms with Crippen LogP contribution in [0, 0.1) is 11.3 Å². The third-order valence-corrected chi connectivity index (χ3v) is 8.42. The van der Waals surface area contributed by atoms with Crippen molar-refractivity contribution in [3.8, 4) is 0 Å². The smallest absolute Gasteiger partial charge is 0.303 e. The van der Waals surface area contributed by atoms with E-state index in [2.05, 4.69) is 21.2 Å². The Bertz CT molecular complexity index is 1170. The fourth-order valence-corrected chi connectivity index (χ4v) is 5.61. The Kier molecular flexibility index (Phi) is 6.04. The molecule has 3 aliphatic rings. The minimum absolute atomic E-state index is 0.108. The van der Waals surface area contributed by atoms with Crippen molar-refractivity contribution in [1.82, 2.24) is 13.9 Å². The molecule has 10 heteroatoms. The number of halogens is 1. The summed E-state index contributed by atoms with van der Waals surface area (Å²) in [5, 5.41) is 11.4. The summed E-state index contributed by atoms with van der Waals surface area (Å²) in [6.07, 6.45) is 5.36. The second-order valence-electron chi connectivity index (χ2n) is 8.10. The van der Waals surface area contributed by atoms with Crippen LogP contribution in [0.3, 0.4) is 0 Å². The van der Waals surface area contributed by atoms with Crippen LogP contribution in [-0.2, 0) is 15.0 Å². The normalized spacial score (nSPS) is 22.4. The highest BCUT2D eigenvalue weighted by molar-refractivity contribution is 9.10. The largest absolute Gasteiger partial charge is 0.354 e. The van der Waals surface area contributed by atoms with Crippen molar-refractivity contribution in [2.24, 2.45) is 5.92 Å². The first kappa shape index (κ1) is 22.8. The van der Waals surface area contributed by atoms with Gasteiger partial charge in [-0.1, -0.05) is 15.9 Å². The minimum Gasteiger partial charge on any atom is -0.354 e.